The molecule has 0 saturated carbocycles. The SMILES string of the molecule is CC(C)(C)CC(=O)N1CCC(n2cnc3c(-c4cccc5c4C=CC5)nc(N4CCOCC4)nc32)CC1.CCN(CC)CCn1cnc2c(-c3cccc(O)c3)nc(N3CCOCC3)nc21.O=C(CCN1CCCCC1)N1CCC(n2cnc3c(-c4cccc5c4C=CC5)nc(N4CCOCC4)nc32)CC1.Oc1cccc(-c2nc(N3CCOCC3)nc3c2ncn3C2CCOC2)c1. The number of phenolic OH excluding ortho intramolecular Hbond substituents is 2. The fraction of sp³-hybridized carbons (Fsp3) is 0.500. The Hall–Kier alpha value is -12.0. The minimum atomic E-state index is 0.00446. The van der Waals surface area contributed by atoms with Gasteiger partial charge in [0, 0.05) is 152 Å². The van der Waals surface area contributed by atoms with Gasteiger partial charge in [0.25, 0.3) is 0 Å². The number of phenols is 2. The Morgan fingerprint density at radius 1 is 0.421 bits per heavy atom. The molecule has 12 aromatic rings. The van der Waals surface area contributed by atoms with Crippen LogP contribution in [0.5, 0.6) is 11.5 Å². The van der Waals surface area contributed by atoms with Gasteiger partial charge in [-0.15, -0.1) is 0 Å². The van der Waals surface area contributed by atoms with Gasteiger partial charge in [-0.3, -0.25) is 9.59 Å². The Kier molecular flexibility index (Phi) is 28.0. The third-order valence-electron chi connectivity index (χ3n) is 27.3. The molecule has 133 heavy (non-hydrogen) atoms. The van der Waals surface area contributed by atoms with E-state index in [1.165, 1.54) is 41.5 Å². The van der Waals surface area contributed by atoms with Gasteiger partial charge in [-0.05, 0) is 136 Å². The summed E-state index contributed by atoms with van der Waals surface area (Å²) >= 11 is 0. The van der Waals surface area contributed by atoms with Crippen LogP contribution in [0.15, 0.2) is 122 Å². The van der Waals surface area contributed by atoms with Crippen LogP contribution in [0, 0.1) is 5.41 Å². The van der Waals surface area contributed by atoms with Gasteiger partial charge in [0.15, 0.2) is 22.6 Å². The van der Waals surface area contributed by atoms with Crippen LogP contribution in [0.2, 0.25) is 0 Å². The molecule has 2 amide bonds. The number of morpholine rings is 4. The number of anilines is 4. The molecule has 33 heteroatoms. The summed E-state index contributed by atoms with van der Waals surface area (Å²) in [7, 11) is 0. The van der Waals surface area contributed by atoms with Crippen molar-refractivity contribution < 1.29 is 43.5 Å². The highest BCUT2D eigenvalue weighted by Crippen LogP contribution is 2.42. The van der Waals surface area contributed by atoms with Gasteiger partial charge in [-0.1, -0.05) is 126 Å². The second kappa shape index (κ2) is 41.2. The van der Waals surface area contributed by atoms with Gasteiger partial charge in [0.2, 0.25) is 35.6 Å². The Bertz CT molecular complexity index is 6120. The summed E-state index contributed by atoms with van der Waals surface area (Å²) < 4.78 is 36.4. The molecule has 0 radical (unpaired) electrons. The summed E-state index contributed by atoms with van der Waals surface area (Å²) in [4.78, 5) is 102. The first-order valence-corrected chi connectivity index (χ1v) is 48.1. The van der Waals surface area contributed by atoms with Gasteiger partial charge in [-0.25, -0.2) is 39.9 Å². The number of aromatic hydroxyl groups is 2. The highest BCUT2D eigenvalue weighted by atomic mass is 16.5. The molecule has 8 saturated heterocycles. The molecule has 0 bridgehead atoms. The molecule has 0 spiro atoms. The normalized spacial score (nSPS) is 18.7. The average Bonchev–Trinajstić information content (AvgIpc) is 1.68. The molecule has 2 aliphatic carbocycles. The van der Waals surface area contributed by atoms with Gasteiger partial charge in [-0.2, -0.15) is 19.9 Å². The largest absolute Gasteiger partial charge is 0.508 e. The number of hydrogen-bond acceptors (Lipinski definition) is 27. The van der Waals surface area contributed by atoms with E-state index in [2.05, 4.69) is 158 Å². The van der Waals surface area contributed by atoms with Crippen molar-refractivity contribution in [3.8, 4) is 56.5 Å². The number of carbonyl (C=O) groups is 2. The van der Waals surface area contributed by atoms with Gasteiger partial charge < -0.3 is 91.4 Å². The maximum atomic E-state index is 13.0. The van der Waals surface area contributed by atoms with Crippen LogP contribution >= 0.6 is 0 Å². The lowest BCUT2D eigenvalue weighted by molar-refractivity contribution is -0.134. The van der Waals surface area contributed by atoms with Crippen LogP contribution in [0.3, 0.4) is 0 Å². The molecule has 4 aromatic carbocycles. The van der Waals surface area contributed by atoms with Crippen molar-refractivity contribution in [3.63, 3.8) is 0 Å². The molecular formula is C100H124N24O9. The molecular weight excluding hydrogens is 1680 g/mol. The minimum Gasteiger partial charge on any atom is -0.508 e. The maximum absolute atomic E-state index is 13.0. The number of rotatable bonds is 20. The van der Waals surface area contributed by atoms with Crippen molar-refractivity contribution in [2.24, 2.45) is 5.41 Å². The summed E-state index contributed by atoms with van der Waals surface area (Å²) in [5, 5.41) is 19.9. The fourth-order valence-electron chi connectivity index (χ4n) is 19.8. The van der Waals surface area contributed by atoms with Crippen LogP contribution in [0.25, 0.3) is 102 Å². The van der Waals surface area contributed by atoms with E-state index in [-0.39, 0.29) is 40.9 Å². The predicted molar refractivity (Wildman–Crippen MR) is 515 cm³/mol. The summed E-state index contributed by atoms with van der Waals surface area (Å²) in [5.41, 5.74) is 18.9. The third-order valence-corrected chi connectivity index (χ3v) is 27.3. The standard InChI is InChI=1S/C31H39N7O2.C29H36N6O2.C21H28N6O2.C19H21N5O3/c39-27(12-15-35-13-2-1-3-14-35)36-16-10-24(11-17-36)38-22-32-29-28(26-9-5-7-23-6-4-8-25(23)26)33-31(34-30(29)38)37-18-20-40-21-19-37;1-29(2,3)18-24(36)33-12-10-21(11-13-33)35-19-30-26-25(23-9-5-7-20-6-4-8-22(20)23)31-28(32-27(26)35)34-14-16-37-17-15-34;1-3-25(4-2)8-9-27-15-22-19-18(16-6-5-7-17(28)14-16)23-21(24-20(19)27)26-10-12-29-13-11-26;25-15-3-1-2-13(10-15)16-17-18(24(12-20-17)14-4-7-27-11-14)22-19(21-16)23-5-8-26-9-6-23/h4-5,7-9,22,24H,1-3,6,10-21H2;4-5,7-9,19,21H,6,10-18H2,1-3H3;5-7,14-15,28H,3-4,8-13H2,1-2H3;1-3,10,12,14,25H,4-9,11H2. The number of likely N-dealkylation sites (N-methyl/N-ethyl adjacent to an activating group) is 1. The molecule has 8 fully saturated rings. The number of likely N-dealkylation sites (tertiary alicyclic amines) is 3. The topological polar surface area (TPSA) is 321 Å². The van der Waals surface area contributed by atoms with Crippen molar-refractivity contribution in [3.05, 3.63) is 145 Å². The van der Waals surface area contributed by atoms with E-state index in [1.54, 1.807) is 24.3 Å². The second-order valence-electron chi connectivity index (χ2n) is 37.2. The van der Waals surface area contributed by atoms with Crippen LogP contribution < -0.4 is 19.6 Å². The molecule has 16 heterocycles. The van der Waals surface area contributed by atoms with Crippen molar-refractivity contribution in [1.29, 1.82) is 0 Å². The monoisotopic (exact) mass is 1800 g/mol. The first kappa shape index (κ1) is 90.2. The Morgan fingerprint density at radius 3 is 1.26 bits per heavy atom. The molecule has 2 N–H and O–H groups in total. The smallest absolute Gasteiger partial charge is 0.228 e. The number of ether oxygens (including phenoxy) is 5. The quantitative estimate of drug-likeness (QED) is 0.0716. The summed E-state index contributed by atoms with van der Waals surface area (Å²) in [5.74, 6) is 3.81. The molecule has 1 unspecified atom stereocenters. The highest BCUT2D eigenvalue weighted by molar-refractivity contribution is 5.95. The van der Waals surface area contributed by atoms with Crippen molar-refractivity contribution in [1.82, 2.24) is 97.7 Å². The average molecular weight is 1810 g/mol. The summed E-state index contributed by atoms with van der Waals surface area (Å²) in [6, 6.07) is 27.9. The fourth-order valence-corrected chi connectivity index (χ4v) is 19.8. The number of allylic oxidation sites excluding steroid dienone is 2. The van der Waals surface area contributed by atoms with Gasteiger partial charge in [0.05, 0.1) is 90.8 Å². The van der Waals surface area contributed by atoms with Crippen LogP contribution in [0.4, 0.5) is 23.8 Å². The molecule has 22 rings (SSSR count). The first-order valence-electron chi connectivity index (χ1n) is 48.1. The lowest BCUT2D eigenvalue weighted by Crippen LogP contribution is -2.41. The van der Waals surface area contributed by atoms with E-state index in [1.807, 2.05) is 54.5 Å². The Morgan fingerprint density at radius 2 is 0.827 bits per heavy atom. The molecule has 8 aromatic heterocycles. The van der Waals surface area contributed by atoms with E-state index in [0.29, 0.717) is 90.1 Å². The second-order valence-corrected chi connectivity index (χ2v) is 37.2. The molecule has 8 aliphatic heterocycles. The van der Waals surface area contributed by atoms with Crippen LogP contribution in [-0.2, 0) is 52.7 Å². The number of amides is 2. The first-order chi connectivity index (χ1) is 65.1. The predicted octanol–water partition coefficient (Wildman–Crippen LogP) is 12.8. The van der Waals surface area contributed by atoms with Crippen molar-refractivity contribution >= 4 is 92.4 Å². The zero-order valence-electron chi connectivity index (χ0n) is 77.4. The van der Waals surface area contributed by atoms with Crippen LogP contribution in [0.1, 0.15) is 139 Å². The number of imidazole rings is 4. The highest BCUT2D eigenvalue weighted by Gasteiger charge is 2.34. The van der Waals surface area contributed by atoms with Gasteiger partial charge in [0.1, 0.15) is 56.3 Å². The minimum absolute atomic E-state index is 0.00446. The van der Waals surface area contributed by atoms with E-state index < -0.39 is 0 Å². The van der Waals surface area contributed by atoms with E-state index in [0.717, 1.165) is 277 Å². The number of benzene rings is 4. The lowest BCUT2D eigenvalue weighted by Gasteiger charge is -2.34. The van der Waals surface area contributed by atoms with Crippen molar-refractivity contribution in [2.75, 3.05) is 203 Å². The number of hydrogen-bond donors (Lipinski definition) is 2. The Labute approximate surface area is 775 Å². The number of carbonyl (C=O) groups excluding carboxylic acids is 2. The van der Waals surface area contributed by atoms with Crippen LogP contribution in [-0.4, -0.2) is 304 Å². The Balaban J connectivity index is 0.000000116. The van der Waals surface area contributed by atoms with Crippen molar-refractivity contribution in [2.45, 2.75) is 136 Å². The summed E-state index contributed by atoms with van der Waals surface area (Å²) in [6.45, 7) is 33.8. The number of piperidine rings is 3. The lowest BCUT2D eigenvalue weighted by atomic mass is 9.91. The molecule has 33 nitrogen and oxygen atoms in total. The number of fused-ring (bicyclic) bond motifs is 6. The molecule has 1 atom stereocenters. The maximum Gasteiger partial charge on any atom is 0.228 e. The van der Waals surface area contributed by atoms with E-state index in [9.17, 15) is 19.8 Å². The molecule has 698 valence electrons. The van der Waals surface area contributed by atoms with E-state index in [4.69, 9.17) is 73.5 Å². The summed E-state index contributed by atoms with van der Waals surface area (Å²) in [6.07, 6.45) is 28.0. The third kappa shape index (κ3) is 20.4. The van der Waals surface area contributed by atoms with E-state index >= 15 is 0 Å². The zero-order chi connectivity index (χ0) is 90.9. The van der Waals surface area contributed by atoms with Gasteiger partial charge >= 0.3 is 0 Å². The number of aromatic nitrogens is 16. The zero-order valence-corrected chi connectivity index (χ0v) is 77.4. The molecule has 10 aliphatic rings. The number of nitrogens with zero attached hydrogens (tertiary/aromatic N) is 24.